The van der Waals surface area contributed by atoms with Crippen LogP contribution in [0.1, 0.15) is 11.1 Å². The molecule has 0 aliphatic rings. The molecule has 0 saturated carbocycles. The van der Waals surface area contributed by atoms with Gasteiger partial charge < -0.3 is 14.8 Å². The first-order valence-electron chi connectivity index (χ1n) is 8.18. The quantitative estimate of drug-likeness (QED) is 0.618. The summed E-state index contributed by atoms with van der Waals surface area (Å²) in [4.78, 5) is 11.9. The fraction of sp³-hybridized carbons (Fsp3) is 0.316. The highest BCUT2D eigenvalue weighted by atomic mass is 35.5. The zero-order valence-electron chi connectivity index (χ0n) is 14.7. The number of nitrogens with one attached hydrogen (secondary N) is 1. The second kappa shape index (κ2) is 11.0. The van der Waals surface area contributed by atoms with E-state index in [1.165, 1.54) is 24.9 Å². The van der Waals surface area contributed by atoms with Gasteiger partial charge in [-0.1, -0.05) is 29.8 Å². The summed E-state index contributed by atoms with van der Waals surface area (Å²) in [7, 11) is 1.38. The van der Waals surface area contributed by atoms with Crippen molar-refractivity contribution >= 4 is 29.3 Å². The molecule has 0 aliphatic heterocycles. The number of rotatable bonds is 10. The van der Waals surface area contributed by atoms with Crippen LogP contribution < -0.4 is 14.8 Å². The molecule has 0 fully saturated rings. The molecule has 146 valence electrons. The lowest BCUT2D eigenvalue weighted by Gasteiger charge is -2.12. The maximum Gasteiger partial charge on any atom is 0.387 e. The summed E-state index contributed by atoms with van der Waals surface area (Å²) in [5.74, 6) is 1.20. The van der Waals surface area contributed by atoms with E-state index in [9.17, 15) is 13.6 Å². The van der Waals surface area contributed by atoms with Gasteiger partial charge >= 0.3 is 6.61 Å². The molecule has 2 aromatic rings. The van der Waals surface area contributed by atoms with Crippen LogP contribution >= 0.6 is 23.4 Å². The number of thioether (sulfide) groups is 1. The summed E-state index contributed by atoms with van der Waals surface area (Å²) in [6, 6.07) is 12.3. The van der Waals surface area contributed by atoms with Crippen LogP contribution in [-0.2, 0) is 17.0 Å². The Morgan fingerprint density at radius 2 is 1.85 bits per heavy atom. The summed E-state index contributed by atoms with van der Waals surface area (Å²) in [6.07, 6.45) is 0.497. The van der Waals surface area contributed by atoms with Gasteiger partial charge in [-0.2, -0.15) is 8.78 Å². The second-order valence-corrected chi connectivity index (χ2v) is 7.00. The monoisotopic (exact) mass is 415 g/mol. The number of halogens is 3. The number of methoxy groups -OCH3 is 1. The third-order valence-electron chi connectivity index (χ3n) is 3.60. The first kappa shape index (κ1) is 21.3. The largest absolute Gasteiger partial charge is 0.493 e. The third-order valence-corrected chi connectivity index (χ3v) is 4.85. The molecule has 0 spiro atoms. The first-order chi connectivity index (χ1) is 13.0. The van der Waals surface area contributed by atoms with Gasteiger partial charge in [-0.3, -0.25) is 4.79 Å². The van der Waals surface area contributed by atoms with Gasteiger partial charge in [-0.15, -0.1) is 11.8 Å². The molecule has 27 heavy (non-hydrogen) atoms. The smallest absolute Gasteiger partial charge is 0.387 e. The van der Waals surface area contributed by atoms with E-state index in [0.717, 1.165) is 16.9 Å². The highest BCUT2D eigenvalue weighted by Gasteiger charge is 2.11. The van der Waals surface area contributed by atoms with Crippen molar-refractivity contribution in [3.63, 3.8) is 0 Å². The van der Waals surface area contributed by atoms with E-state index in [0.29, 0.717) is 23.7 Å². The molecule has 0 unspecified atom stereocenters. The molecule has 0 radical (unpaired) electrons. The van der Waals surface area contributed by atoms with Gasteiger partial charge in [0.25, 0.3) is 0 Å². The molecule has 0 saturated heterocycles. The summed E-state index contributed by atoms with van der Waals surface area (Å²) in [5, 5.41) is 3.50. The average molecular weight is 416 g/mol. The summed E-state index contributed by atoms with van der Waals surface area (Å²) in [5.41, 5.74) is 1.86. The highest BCUT2D eigenvalue weighted by Crippen LogP contribution is 2.29. The molecule has 0 atom stereocenters. The fourth-order valence-electron chi connectivity index (χ4n) is 2.30. The van der Waals surface area contributed by atoms with E-state index < -0.39 is 6.61 Å². The van der Waals surface area contributed by atoms with Crippen molar-refractivity contribution in [1.82, 2.24) is 5.32 Å². The van der Waals surface area contributed by atoms with Gasteiger partial charge in [0.05, 0.1) is 12.9 Å². The maximum atomic E-state index is 12.4. The number of amides is 1. The van der Waals surface area contributed by atoms with Gasteiger partial charge in [-0.05, 0) is 41.8 Å². The molecule has 2 aromatic carbocycles. The van der Waals surface area contributed by atoms with Crippen LogP contribution in [0.2, 0.25) is 5.02 Å². The van der Waals surface area contributed by atoms with E-state index >= 15 is 0 Å². The molecule has 8 heteroatoms. The highest BCUT2D eigenvalue weighted by molar-refractivity contribution is 7.99. The number of benzene rings is 2. The Hall–Kier alpha value is -1.99. The Balaban J connectivity index is 1.73. The van der Waals surface area contributed by atoms with E-state index in [1.54, 1.807) is 12.1 Å². The minimum Gasteiger partial charge on any atom is -0.493 e. The topological polar surface area (TPSA) is 47.6 Å². The standard InChI is InChI=1S/C19H20ClF2NO3S/c1-25-16-7-4-13(10-17(16)26-19(21)22)8-9-23-18(24)12-27-11-14-2-5-15(20)6-3-14/h2-7,10,19H,8-9,11-12H2,1H3,(H,23,24). The normalized spacial score (nSPS) is 10.7. The summed E-state index contributed by atoms with van der Waals surface area (Å²) < 4.78 is 34.3. The number of hydrogen-bond donors (Lipinski definition) is 1. The minimum absolute atomic E-state index is 0.0187. The van der Waals surface area contributed by atoms with Crippen LogP contribution in [0.3, 0.4) is 0 Å². The Kier molecular flexibility index (Phi) is 8.67. The Morgan fingerprint density at radius 3 is 2.52 bits per heavy atom. The van der Waals surface area contributed by atoms with Crippen LogP contribution in [0.25, 0.3) is 0 Å². The number of alkyl halides is 2. The molecule has 0 aliphatic carbocycles. The number of carbonyl (C=O) groups excluding carboxylic acids is 1. The molecule has 4 nitrogen and oxygen atoms in total. The van der Waals surface area contributed by atoms with Crippen molar-refractivity contribution in [2.45, 2.75) is 18.8 Å². The SMILES string of the molecule is COc1ccc(CCNC(=O)CSCc2ccc(Cl)cc2)cc1OC(F)F. The number of ether oxygens (including phenoxy) is 2. The van der Waals surface area contributed by atoms with Crippen molar-refractivity contribution in [2.24, 2.45) is 0 Å². The Morgan fingerprint density at radius 1 is 1.15 bits per heavy atom. The molecule has 0 heterocycles. The van der Waals surface area contributed by atoms with Gasteiger partial charge in [0, 0.05) is 17.3 Å². The van der Waals surface area contributed by atoms with Crippen LogP contribution in [0.15, 0.2) is 42.5 Å². The van der Waals surface area contributed by atoms with E-state index in [4.69, 9.17) is 16.3 Å². The van der Waals surface area contributed by atoms with E-state index in [-0.39, 0.29) is 17.4 Å². The lowest BCUT2D eigenvalue weighted by molar-refractivity contribution is -0.118. The molecule has 2 rings (SSSR count). The average Bonchev–Trinajstić information content (AvgIpc) is 2.63. The molecule has 0 aromatic heterocycles. The minimum atomic E-state index is -2.92. The van der Waals surface area contributed by atoms with E-state index in [2.05, 4.69) is 10.1 Å². The van der Waals surface area contributed by atoms with Crippen molar-refractivity contribution in [3.05, 3.63) is 58.6 Å². The maximum absolute atomic E-state index is 12.4. The fourth-order valence-corrected chi connectivity index (χ4v) is 3.25. The molecule has 1 N–H and O–H groups in total. The predicted octanol–water partition coefficient (Wildman–Crippen LogP) is 4.54. The van der Waals surface area contributed by atoms with Gasteiger partial charge in [0.1, 0.15) is 0 Å². The lowest BCUT2D eigenvalue weighted by Crippen LogP contribution is -2.27. The van der Waals surface area contributed by atoms with Gasteiger partial charge in [-0.25, -0.2) is 0 Å². The van der Waals surface area contributed by atoms with E-state index in [1.807, 2.05) is 24.3 Å². The number of hydrogen-bond acceptors (Lipinski definition) is 4. The molecule has 0 bridgehead atoms. The zero-order valence-corrected chi connectivity index (χ0v) is 16.3. The van der Waals surface area contributed by atoms with Crippen molar-refractivity contribution in [3.8, 4) is 11.5 Å². The predicted molar refractivity (Wildman–Crippen MR) is 104 cm³/mol. The van der Waals surface area contributed by atoms with Gasteiger partial charge in [0.15, 0.2) is 11.5 Å². The lowest BCUT2D eigenvalue weighted by atomic mass is 10.1. The summed E-state index contributed by atoms with van der Waals surface area (Å²) in [6.45, 7) is -2.52. The van der Waals surface area contributed by atoms with Gasteiger partial charge in [0.2, 0.25) is 5.91 Å². The molecular formula is C19H20ClF2NO3S. The van der Waals surface area contributed by atoms with Crippen LogP contribution in [0.5, 0.6) is 11.5 Å². The Bertz CT molecular complexity index is 744. The van der Waals surface area contributed by atoms with Crippen LogP contribution in [-0.4, -0.2) is 31.9 Å². The van der Waals surface area contributed by atoms with Crippen LogP contribution in [0.4, 0.5) is 8.78 Å². The van der Waals surface area contributed by atoms with Crippen molar-refractivity contribution in [2.75, 3.05) is 19.4 Å². The van der Waals surface area contributed by atoms with Crippen molar-refractivity contribution in [1.29, 1.82) is 0 Å². The number of carbonyl (C=O) groups is 1. The molecule has 1 amide bonds. The third kappa shape index (κ3) is 7.64. The van der Waals surface area contributed by atoms with Crippen LogP contribution in [0, 0.1) is 0 Å². The van der Waals surface area contributed by atoms with Crippen molar-refractivity contribution < 1.29 is 23.0 Å². The zero-order chi connectivity index (χ0) is 19.6. The second-order valence-electron chi connectivity index (χ2n) is 5.58. The first-order valence-corrected chi connectivity index (χ1v) is 9.72. The summed E-state index contributed by atoms with van der Waals surface area (Å²) >= 11 is 7.34. The molecular weight excluding hydrogens is 396 g/mol. The Labute approximate surface area is 166 Å².